The molecule has 200 valence electrons. The summed E-state index contributed by atoms with van der Waals surface area (Å²) < 4.78 is 4.93. The van der Waals surface area contributed by atoms with Crippen LogP contribution >= 0.6 is 11.8 Å². The molecule has 0 aliphatic carbocycles. The number of allylic oxidation sites excluding steroid dienone is 1. The maximum Gasteiger partial charge on any atom is 0.310 e. The van der Waals surface area contributed by atoms with Gasteiger partial charge in [-0.25, -0.2) is 0 Å². The second-order valence-corrected chi connectivity index (χ2v) is 11.9. The van der Waals surface area contributed by atoms with Crippen LogP contribution in [0.25, 0.3) is 0 Å². The number of esters is 1. The second kappa shape index (κ2) is 11.4. The Hall–Kier alpha value is -2.58. The fourth-order valence-corrected chi connectivity index (χ4v) is 8.50. The van der Waals surface area contributed by atoms with Crippen LogP contribution < -0.4 is 4.90 Å². The first-order chi connectivity index (χ1) is 17.8. The number of ether oxygens (including phenoxy) is 1. The summed E-state index contributed by atoms with van der Waals surface area (Å²) in [6.45, 7) is 11.9. The van der Waals surface area contributed by atoms with Crippen LogP contribution in [0.4, 0.5) is 5.69 Å². The minimum absolute atomic E-state index is 0.0465. The highest BCUT2D eigenvalue weighted by molar-refractivity contribution is 8.02. The van der Waals surface area contributed by atoms with E-state index in [1.807, 2.05) is 38.1 Å². The summed E-state index contributed by atoms with van der Waals surface area (Å²) in [4.78, 5) is 44.7. The van der Waals surface area contributed by atoms with Crippen LogP contribution in [0, 0.1) is 25.7 Å². The van der Waals surface area contributed by atoms with Gasteiger partial charge < -0.3 is 19.6 Å². The molecule has 2 unspecified atom stereocenters. The van der Waals surface area contributed by atoms with Gasteiger partial charge in [0.25, 0.3) is 5.91 Å². The summed E-state index contributed by atoms with van der Waals surface area (Å²) >= 11 is 1.61. The molecule has 37 heavy (non-hydrogen) atoms. The predicted octanol–water partition coefficient (Wildman–Crippen LogP) is 3.81. The van der Waals surface area contributed by atoms with Crippen LogP contribution in [0.3, 0.4) is 0 Å². The highest BCUT2D eigenvalue weighted by Crippen LogP contribution is 2.66. The lowest BCUT2D eigenvalue weighted by Gasteiger charge is -2.37. The van der Waals surface area contributed by atoms with Crippen molar-refractivity contribution < 1.29 is 24.2 Å². The SMILES string of the molecule is C=CCCCCOC(=O)[C@@H]1[C@@H]2CCC3(S2)C(C(=O)N(CC=C)c2cc(C)ccc2C)N(CCO)C(=O)[C@H]13. The van der Waals surface area contributed by atoms with Crippen molar-refractivity contribution >= 4 is 35.2 Å². The van der Waals surface area contributed by atoms with Crippen molar-refractivity contribution in [2.75, 3.05) is 31.2 Å². The number of aliphatic hydroxyl groups excluding tert-OH is 1. The first-order valence-electron chi connectivity index (χ1n) is 13.2. The van der Waals surface area contributed by atoms with Gasteiger partial charge in [0, 0.05) is 24.0 Å². The largest absolute Gasteiger partial charge is 0.465 e. The highest BCUT2D eigenvalue weighted by atomic mass is 32.2. The summed E-state index contributed by atoms with van der Waals surface area (Å²) in [6.07, 6.45) is 7.47. The Labute approximate surface area is 223 Å². The van der Waals surface area contributed by atoms with Gasteiger partial charge in [0.2, 0.25) is 5.91 Å². The maximum atomic E-state index is 14.4. The molecule has 3 saturated heterocycles. The minimum atomic E-state index is -0.766. The number of amides is 2. The lowest BCUT2D eigenvalue weighted by molar-refractivity contribution is -0.154. The fraction of sp³-hybridized carbons (Fsp3) is 0.552. The average molecular weight is 527 g/mol. The van der Waals surface area contributed by atoms with E-state index in [-0.39, 0.29) is 36.2 Å². The number of fused-ring (bicyclic) bond motifs is 1. The lowest BCUT2D eigenvalue weighted by Crippen LogP contribution is -2.55. The summed E-state index contributed by atoms with van der Waals surface area (Å²) in [5.41, 5.74) is 2.77. The first-order valence-corrected chi connectivity index (χ1v) is 14.0. The third-order valence-corrected chi connectivity index (χ3v) is 9.88. The Balaban J connectivity index is 1.66. The Bertz CT molecular complexity index is 1070. The number of carbonyl (C=O) groups excluding carboxylic acids is 3. The first kappa shape index (κ1) is 27.5. The summed E-state index contributed by atoms with van der Waals surface area (Å²) in [5, 5.41) is 9.79. The van der Waals surface area contributed by atoms with E-state index >= 15 is 0 Å². The van der Waals surface area contributed by atoms with Crippen molar-refractivity contribution in [3.8, 4) is 0 Å². The number of aryl methyl sites for hydroxylation is 2. The van der Waals surface area contributed by atoms with E-state index in [4.69, 9.17) is 4.74 Å². The number of anilines is 1. The predicted molar refractivity (Wildman–Crippen MR) is 146 cm³/mol. The quantitative estimate of drug-likeness (QED) is 0.253. The van der Waals surface area contributed by atoms with E-state index in [0.29, 0.717) is 19.6 Å². The molecule has 7 nitrogen and oxygen atoms in total. The van der Waals surface area contributed by atoms with Gasteiger partial charge in [-0.15, -0.1) is 24.9 Å². The molecular formula is C29H38N2O5S. The highest BCUT2D eigenvalue weighted by Gasteiger charge is 2.74. The van der Waals surface area contributed by atoms with Crippen LogP contribution in [0.2, 0.25) is 0 Å². The van der Waals surface area contributed by atoms with Crippen molar-refractivity contribution in [3.05, 3.63) is 54.6 Å². The molecule has 8 heteroatoms. The van der Waals surface area contributed by atoms with E-state index in [9.17, 15) is 19.5 Å². The smallest absolute Gasteiger partial charge is 0.310 e. The van der Waals surface area contributed by atoms with E-state index in [1.54, 1.807) is 22.7 Å². The zero-order valence-electron chi connectivity index (χ0n) is 21.9. The monoisotopic (exact) mass is 526 g/mol. The molecule has 3 aliphatic rings. The van der Waals surface area contributed by atoms with Gasteiger partial charge in [-0.05, 0) is 63.1 Å². The van der Waals surface area contributed by atoms with Gasteiger partial charge in [0.15, 0.2) is 0 Å². The Morgan fingerprint density at radius 1 is 1.27 bits per heavy atom. The van der Waals surface area contributed by atoms with Crippen molar-refractivity contribution in [2.24, 2.45) is 11.8 Å². The molecular weight excluding hydrogens is 488 g/mol. The van der Waals surface area contributed by atoms with Gasteiger partial charge in [0.05, 0.1) is 29.8 Å². The fourth-order valence-electron chi connectivity index (χ4n) is 6.30. The number of hydrogen-bond donors (Lipinski definition) is 1. The van der Waals surface area contributed by atoms with Crippen molar-refractivity contribution in [1.82, 2.24) is 4.90 Å². The molecule has 4 rings (SSSR count). The molecule has 1 aromatic carbocycles. The number of aliphatic hydroxyl groups is 1. The lowest BCUT2D eigenvalue weighted by atomic mass is 9.71. The number of nitrogens with zero attached hydrogens (tertiary/aromatic N) is 2. The van der Waals surface area contributed by atoms with Crippen LogP contribution in [-0.4, -0.2) is 70.1 Å². The average Bonchev–Trinajstić information content (AvgIpc) is 3.51. The second-order valence-electron chi connectivity index (χ2n) is 10.3. The van der Waals surface area contributed by atoms with Crippen LogP contribution in [0.5, 0.6) is 0 Å². The number of thioether (sulfide) groups is 1. The number of unbranched alkanes of at least 4 members (excludes halogenated alkanes) is 2. The van der Waals surface area contributed by atoms with Gasteiger partial charge >= 0.3 is 5.97 Å². The summed E-state index contributed by atoms with van der Waals surface area (Å²) in [5.74, 6) is -1.95. The molecule has 0 aromatic heterocycles. The van der Waals surface area contributed by atoms with E-state index in [1.165, 1.54) is 4.90 Å². The van der Waals surface area contributed by atoms with Crippen molar-refractivity contribution in [2.45, 2.75) is 62.0 Å². The standard InChI is InChI=1S/C29H38N2O5S/c1-5-7-8-9-17-36-28(35)23-22-12-13-29(37-22)24(23)26(33)31(15-16-32)25(29)27(34)30(14-6-2)21-18-19(3)10-11-20(21)4/h5-6,10-11,18,22-25,32H,1-2,7-9,12-17H2,3-4H3/t22-,23+,24-,25?,29?/m0/s1. The molecule has 1 spiro atoms. The Morgan fingerprint density at radius 2 is 2.05 bits per heavy atom. The van der Waals surface area contributed by atoms with Crippen LogP contribution in [0.1, 0.15) is 43.2 Å². The van der Waals surface area contributed by atoms with E-state index in [0.717, 1.165) is 42.5 Å². The third-order valence-electron chi connectivity index (χ3n) is 7.93. The molecule has 1 N–H and O–H groups in total. The van der Waals surface area contributed by atoms with Gasteiger partial charge in [-0.2, -0.15) is 0 Å². The number of hydrogen-bond acceptors (Lipinski definition) is 6. The zero-order chi connectivity index (χ0) is 26.7. The molecule has 1 aromatic rings. The summed E-state index contributed by atoms with van der Waals surface area (Å²) in [7, 11) is 0. The van der Waals surface area contributed by atoms with Crippen molar-refractivity contribution in [1.29, 1.82) is 0 Å². The van der Waals surface area contributed by atoms with E-state index in [2.05, 4.69) is 13.2 Å². The molecule has 3 fully saturated rings. The molecule has 2 amide bonds. The molecule has 5 atom stereocenters. The minimum Gasteiger partial charge on any atom is -0.465 e. The normalized spacial score (nSPS) is 27.8. The Morgan fingerprint density at radius 3 is 2.76 bits per heavy atom. The number of benzene rings is 1. The van der Waals surface area contributed by atoms with Gasteiger partial charge in [0.1, 0.15) is 6.04 Å². The van der Waals surface area contributed by atoms with E-state index < -0.39 is 22.6 Å². The van der Waals surface area contributed by atoms with Crippen LogP contribution in [0.15, 0.2) is 43.5 Å². The topological polar surface area (TPSA) is 87.2 Å². The van der Waals surface area contributed by atoms with Crippen molar-refractivity contribution in [3.63, 3.8) is 0 Å². The molecule has 3 heterocycles. The molecule has 0 saturated carbocycles. The number of likely N-dealkylation sites (tertiary alicyclic amines) is 1. The zero-order valence-corrected chi connectivity index (χ0v) is 22.7. The third kappa shape index (κ3) is 4.86. The van der Waals surface area contributed by atoms with Gasteiger partial charge in [-0.3, -0.25) is 14.4 Å². The van der Waals surface area contributed by atoms with Gasteiger partial charge in [-0.1, -0.05) is 24.3 Å². The number of carbonyl (C=O) groups is 3. The van der Waals surface area contributed by atoms with Crippen LogP contribution in [-0.2, 0) is 19.1 Å². The number of rotatable bonds is 12. The molecule has 3 aliphatic heterocycles. The molecule has 0 radical (unpaired) electrons. The maximum absolute atomic E-state index is 14.4. The number of β-amino-alcohol motifs (C(OH)–C–C–N with tert-alkyl or cyclic N) is 1. The summed E-state index contributed by atoms with van der Waals surface area (Å²) in [6, 6.07) is 5.20. The molecule has 2 bridgehead atoms. The Kier molecular flexibility index (Phi) is 8.49.